The first-order chi connectivity index (χ1) is 7.29. The van der Waals surface area contributed by atoms with Gasteiger partial charge in [-0.05, 0) is 35.0 Å². The van der Waals surface area contributed by atoms with Gasteiger partial charge in [0.05, 0.1) is 0 Å². The van der Waals surface area contributed by atoms with Gasteiger partial charge in [0.2, 0.25) is 0 Å². The standard InChI is InChI=1S/C10H8N2O2S/c13-10(6-11-14)12-8-1-2-9-7(5-8)3-4-15-9/h1-6,14H,(H,12,13)/b11-6-. The fraction of sp³-hybridized carbons (Fsp3) is 0. The zero-order valence-corrected chi connectivity index (χ0v) is 8.49. The molecule has 1 amide bonds. The van der Waals surface area contributed by atoms with E-state index >= 15 is 0 Å². The molecule has 76 valence electrons. The van der Waals surface area contributed by atoms with Crippen LogP contribution in [0.2, 0.25) is 0 Å². The van der Waals surface area contributed by atoms with Gasteiger partial charge in [0.25, 0.3) is 5.91 Å². The first-order valence-electron chi connectivity index (χ1n) is 4.25. The molecule has 0 aliphatic carbocycles. The van der Waals surface area contributed by atoms with Crippen molar-refractivity contribution >= 4 is 39.2 Å². The van der Waals surface area contributed by atoms with Gasteiger partial charge in [-0.15, -0.1) is 11.3 Å². The van der Waals surface area contributed by atoms with Crippen LogP contribution in [0.25, 0.3) is 10.1 Å². The minimum atomic E-state index is -0.452. The maximum atomic E-state index is 11.1. The number of anilines is 1. The van der Waals surface area contributed by atoms with E-state index in [9.17, 15) is 4.79 Å². The van der Waals surface area contributed by atoms with Gasteiger partial charge in [-0.3, -0.25) is 4.79 Å². The zero-order chi connectivity index (χ0) is 10.7. The van der Waals surface area contributed by atoms with Crippen molar-refractivity contribution in [3.05, 3.63) is 29.6 Å². The van der Waals surface area contributed by atoms with Crippen molar-refractivity contribution in [2.75, 3.05) is 5.32 Å². The average molecular weight is 220 g/mol. The first kappa shape index (κ1) is 9.67. The Morgan fingerprint density at radius 1 is 1.47 bits per heavy atom. The van der Waals surface area contributed by atoms with Crippen LogP contribution in [0.3, 0.4) is 0 Å². The molecule has 0 aliphatic rings. The molecule has 0 saturated carbocycles. The van der Waals surface area contributed by atoms with E-state index < -0.39 is 5.91 Å². The van der Waals surface area contributed by atoms with Crippen LogP contribution in [-0.2, 0) is 4.79 Å². The molecular weight excluding hydrogens is 212 g/mol. The summed E-state index contributed by atoms with van der Waals surface area (Å²) in [6.07, 6.45) is 0.817. The van der Waals surface area contributed by atoms with E-state index in [2.05, 4.69) is 10.5 Å². The number of nitrogens with zero attached hydrogens (tertiary/aromatic N) is 1. The molecule has 0 fully saturated rings. The predicted octanol–water partition coefficient (Wildman–Crippen LogP) is 2.30. The second-order valence-corrected chi connectivity index (χ2v) is 3.85. The third-order valence-electron chi connectivity index (χ3n) is 1.89. The van der Waals surface area contributed by atoms with Gasteiger partial charge < -0.3 is 10.5 Å². The van der Waals surface area contributed by atoms with Crippen molar-refractivity contribution in [1.29, 1.82) is 0 Å². The van der Waals surface area contributed by atoms with Gasteiger partial charge in [-0.25, -0.2) is 0 Å². The number of fused-ring (bicyclic) bond motifs is 1. The highest BCUT2D eigenvalue weighted by Crippen LogP contribution is 2.23. The number of nitrogens with one attached hydrogen (secondary N) is 1. The number of thiophene rings is 1. The van der Waals surface area contributed by atoms with E-state index in [1.165, 1.54) is 4.70 Å². The molecule has 0 aliphatic heterocycles. The number of carbonyl (C=O) groups excluding carboxylic acids is 1. The lowest BCUT2D eigenvalue weighted by molar-refractivity contribution is -0.110. The number of oxime groups is 1. The highest BCUT2D eigenvalue weighted by Gasteiger charge is 2.00. The minimum Gasteiger partial charge on any atom is -0.411 e. The molecule has 0 atom stereocenters. The lowest BCUT2D eigenvalue weighted by Crippen LogP contribution is -2.12. The monoisotopic (exact) mass is 220 g/mol. The summed E-state index contributed by atoms with van der Waals surface area (Å²) in [6, 6.07) is 7.60. The zero-order valence-electron chi connectivity index (χ0n) is 7.68. The predicted molar refractivity (Wildman–Crippen MR) is 60.7 cm³/mol. The highest BCUT2D eigenvalue weighted by molar-refractivity contribution is 7.17. The quantitative estimate of drug-likeness (QED) is 0.463. The van der Waals surface area contributed by atoms with Crippen LogP contribution in [0.4, 0.5) is 5.69 Å². The number of benzene rings is 1. The smallest absolute Gasteiger partial charge is 0.270 e. The normalized spacial score (nSPS) is 10.9. The van der Waals surface area contributed by atoms with Crippen LogP contribution in [0, 0.1) is 0 Å². The van der Waals surface area contributed by atoms with Gasteiger partial charge in [-0.2, -0.15) is 0 Å². The molecule has 2 aromatic rings. The number of amides is 1. The molecule has 15 heavy (non-hydrogen) atoms. The lowest BCUT2D eigenvalue weighted by atomic mass is 10.2. The Bertz CT molecular complexity index is 519. The molecule has 2 rings (SSSR count). The molecule has 4 nitrogen and oxygen atoms in total. The maximum Gasteiger partial charge on any atom is 0.270 e. The molecule has 0 unspecified atom stereocenters. The van der Waals surface area contributed by atoms with Crippen LogP contribution in [-0.4, -0.2) is 17.3 Å². The number of rotatable bonds is 2. The van der Waals surface area contributed by atoms with Crippen LogP contribution < -0.4 is 5.32 Å². The molecular formula is C10H8N2O2S. The Morgan fingerprint density at radius 2 is 2.33 bits per heavy atom. The summed E-state index contributed by atoms with van der Waals surface area (Å²) in [6.45, 7) is 0. The van der Waals surface area contributed by atoms with Crippen molar-refractivity contribution < 1.29 is 10.0 Å². The first-order valence-corrected chi connectivity index (χ1v) is 5.13. The van der Waals surface area contributed by atoms with Gasteiger partial charge >= 0.3 is 0 Å². The Hall–Kier alpha value is -1.88. The maximum absolute atomic E-state index is 11.1. The van der Waals surface area contributed by atoms with Gasteiger partial charge in [0.15, 0.2) is 0 Å². The average Bonchev–Trinajstić information content (AvgIpc) is 2.65. The van der Waals surface area contributed by atoms with Crippen molar-refractivity contribution in [1.82, 2.24) is 0 Å². The SMILES string of the molecule is O=C(/C=N\O)Nc1ccc2sccc2c1. The summed E-state index contributed by atoms with van der Waals surface area (Å²) >= 11 is 1.65. The molecule has 1 aromatic heterocycles. The van der Waals surface area contributed by atoms with Crippen LogP contribution >= 0.6 is 11.3 Å². The largest absolute Gasteiger partial charge is 0.411 e. The Morgan fingerprint density at radius 3 is 3.13 bits per heavy atom. The van der Waals surface area contributed by atoms with Crippen LogP contribution in [0.15, 0.2) is 34.8 Å². The number of hydrogen-bond acceptors (Lipinski definition) is 4. The molecule has 5 heteroatoms. The molecule has 1 heterocycles. The molecule has 0 saturated heterocycles. The molecule has 0 bridgehead atoms. The topological polar surface area (TPSA) is 61.7 Å². The summed E-state index contributed by atoms with van der Waals surface area (Å²) in [7, 11) is 0. The third-order valence-corrected chi connectivity index (χ3v) is 2.79. The van der Waals surface area contributed by atoms with Crippen LogP contribution in [0.1, 0.15) is 0 Å². The lowest BCUT2D eigenvalue weighted by Gasteiger charge is -2.00. The Labute approximate surface area is 89.8 Å². The summed E-state index contributed by atoms with van der Waals surface area (Å²) < 4.78 is 1.17. The van der Waals surface area contributed by atoms with Crippen molar-refractivity contribution in [2.45, 2.75) is 0 Å². The van der Waals surface area contributed by atoms with Gasteiger partial charge in [0.1, 0.15) is 6.21 Å². The van der Waals surface area contributed by atoms with Crippen molar-refractivity contribution in [2.24, 2.45) is 5.16 Å². The van der Waals surface area contributed by atoms with Crippen LogP contribution in [0.5, 0.6) is 0 Å². The summed E-state index contributed by atoms with van der Waals surface area (Å²) in [5.74, 6) is -0.452. The van der Waals surface area contributed by atoms with Gasteiger partial charge in [0, 0.05) is 10.4 Å². The summed E-state index contributed by atoms with van der Waals surface area (Å²) in [5.41, 5.74) is 0.686. The third kappa shape index (κ3) is 2.13. The van der Waals surface area contributed by atoms with E-state index in [1.54, 1.807) is 11.3 Å². The fourth-order valence-electron chi connectivity index (χ4n) is 1.27. The number of hydrogen-bond donors (Lipinski definition) is 2. The fourth-order valence-corrected chi connectivity index (χ4v) is 2.04. The second kappa shape index (κ2) is 4.10. The van der Waals surface area contributed by atoms with Gasteiger partial charge in [-0.1, -0.05) is 5.16 Å². The highest BCUT2D eigenvalue weighted by atomic mass is 32.1. The Balaban J connectivity index is 2.24. The second-order valence-electron chi connectivity index (χ2n) is 2.91. The molecule has 1 aromatic carbocycles. The molecule has 0 radical (unpaired) electrons. The minimum absolute atomic E-state index is 0.452. The number of carbonyl (C=O) groups is 1. The molecule has 2 N–H and O–H groups in total. The van der Waals surface area contributed by atoms with Crippen molar-refractivity contribution in [3.63, 3.8) is 0 Å². The van der Waals surface area contributed by atoms with Crippen molar-refractivity contribution in [3.8, 4) is 0 Å². The van der Waals surface area contributed by atoms with E-state index in [0.29, 0.717) is 5.69 Å². The summed E-state index contributed by atoms with van der Waals surface area (Å²) in [4.78, 5) is 11.1. The summed E-state index contributed by atoms with van der Waals surface area (Å²) in [5, 5.41) is 16.5. The van der Waals surface area contributed by atoms with E-state index in [0.717, 1.165) is 11.6 Å². The Kier molecular flexibility index (Phi) is 2.64. The van der Waals surface area contributed by atoms with E-state index in [1.807, 2.05) is 29.6 Å². The van der Waals surface area contributed by atoms with E-state index in [-0.39, 0.29) is 0 Å². The van der Waals surface area contributed by atoms with E-state index in [4.69, 9.17) is 5.21 Å². The molecule has 0 spiro atoms.